The molecule has 104 valence electrons. The van der Waals surface area contributed by atoms with Gasteiger partial charge in [0.2, 0.25) is 0 Å². The van der Waals surface area contributed by atoms with Crippen LogP contribution in [0.1, 0.15) is 15.9 Å². The normalized spacial score (nSPS) is 10.4. The number of rotatable bonds is 2. The van der Waals surface area contributed by atoms with E-state index in [2.05, 4.69) is 21.2 Å². The van der Waals surface area contributed by atoms with Crippen LogP contribution in [-0.2, 0) is 0 Å². The van der Waals surface area contributed by atoms with Crippen LogP contribution < -0.4 is 11.1 Å². The van der Waals surface area contributed by atoms with Crippen LogP contribution in [0.25, 0.3) is 0 Å². The van der Waals surface area contributed by atoms with E-state index in [0.29, 0.717) is 22.0 Å². The lowest BCUT2D eigenvalue weighted by atomic mass is 10.1. The molecule has 0 bridgehead atoms. The summed E-state index contributed by atoms with van der Waals surface area (Å²) < 4.78 is 0.853. The van der Waals surface area contributed by atoms with Crippen molar-refractivity contribution < 1.29 is 4.79 Å². The second kappa shape index (κ2) is 6.04. The van der Waals surface area contributed by atoms with Gasteiger partial charge >= 0.3 is 0 Å². The van der Waals surface area contributed by atoms with Crippen LogP contribution >= 0.6 is 39.1 Å². The molecule has 1 amide bonds. The second-order valence-electron chi connectivity index (χ2n) is 4.24. The van der Waals surface area contributed by atoms with Gasteiger partial charge in [0.15, 0.2) is 0 Å². The van der Waals surface area contributed by atoms with Crippen molar-refractivity contribution in [1.82, 2.24) is 0 Å². The molecular formula is C14H11BrCl2N2O. The Bertz CT molecular complexity index is 666. The van der Waals surface area contributed by atoms with Gasteiger partial charge in [-0.15, -0.1) is 0 Å². The lowest BCUT2D eigenvalue weighted by molar-refractivity contribution is 0.102. The molecule has 6 heteroatoms. The Balaban J connectivity index is 2.36. The highest BCUT2D eigenvalue weighted by molar-refractivity contribution is 9.10. The molecule has 0 aliphatic rings. The summed E-state index contributed by atoms with van der Waals surface area (Å²) in [7, 11) is 0. The number of aryl methyl sites for hydroxylation is 1. The maximum Gasteiger partial charge on any atom is 0.257 e. The summed E-state index contributed by atoms with van der Waals surface area (Å²) in [4.78, 5) is 12.3. The van der Waals surface area contributed by atoms with Crippen LogP contribution in [0, 0.1) is 6.92 Å². The highest BCUT2D eigenvalue weighted by Crippen LogP contribution is 2.30. The number of hydrogen-bond donors (Lipinski definition) is 2. The van der Waals surface area contributed by atoms with Crippen LogP contribution in [0.15, 0.2) is 34.8 Å². The van der Waals surface area contributed by atoms with Gasteiger partial charge in [-0.3, -0.25) is 4.79 Å². The van der Waals surface area contributed by atoms with Gasteiger partial charge in [-0.05, 0) is 36.8 Å². The van der Waals surface area contributed by atoms with Gasteiger partial charge in [0.25, 0.3) is 5.91 Å². The standard InChI is InChI=1S/C14H11BrCl2N2O/c1-7-5-8(15)6-11(18)13(7)19-14(20)9-3-2-4-10(16)12(9)17/h2-6H,18H2,1H3,(H,19,20). The van der Waals surface area contributed by atoms with Crippen LogP contribution in [0.3, 0.4) is 0 Å². The van der Waals surface area contributed by atoms with Crippen LogP contribution in [0.2, 0.25) is 10.0 Å². The zero-order chi connectivity index (χ0) is 14.9. The number of hydrogen-bond acceptors (Lipinski definition) is 2. The van der Waals surface area contributed by atoms with Crippen molar-refractivity contribution in [2.75, 3.05) is 11.1 Å². The third-order valence-corrected chi connectivity index (χ3v) is 4.04. The molecule has 2 aromatic rings. The number of carbonyl (C=O) groups is 1. The molecule has 0 unspecified atom stereocenters. The van der Waals surface area contributed by atoms with Gasteiger partial charge in [0.05, 0.1) is 27.0 Å². The van der Waals surface area contributed by atoms with Crippen molar-refractivity contribution in [2.45, 2.75) is 6.92 Å². The Morgan fingerprint density at radius 2 is 2.00 bits per heavy atom. The van der Waals surface area contributed by atoms with Gasteiger partial charge < -0.3 is 11.1 Å². The zero-order valence-corrected chi connectivity index (χ0v) is 13.6. The number of anilines is 2. The third-order valence-electron chi connectivity index (χ3n) is 2.77. The molecule has 20 heavy (non-hydrogen) atoms. The predicted molar refractivity (Wildman–Crippen MR) is 87.7 cm³/mol. The maximum atomic E-state index is 12.3. The first-order chi connectivity index (χ1) is 9.40. The van der Waals surface area contributed by atoms with E-state index in [-0.39, 0.29) is 10.9 Å². The average Bonchev–Trinajstić information content (AvgIpc) is 2.36. The minimum Gasteiger partial charge on any atom is -0.397 e. The van der Waals surface area contributed by atoms with Crippen molar-refractivity contribution in [1.29, 1.82) is 0 Å². The largest absolute Gasteiger partial charge is 0.397 e. The van der Waals surface area contributed by atoms with Crippen molar-refractivity contribution in [2.24, 2.45) is 0 Å². The topological polar surface area (TPSA) is 55.1 Å². The maximum absolute atomic E-state index is 12.3. The van der Waals surface area contributed by atoms with E-state index in [1.807, 2.05) is 13.0 Å². The number of amides is 1. The van der Waals surface area contributed by atoms with Gasteiger partial charge in [-0.2, -0.15) is 0 Å². The molecule has 0 aliphatic heterocycles. The first-order valence-electron chi connectivity index (χ1n) is 5.71. The van der Waals surface area contributed by atoms with E-state index in [4.69, 9.17) is 28.9 Å². The molecule has 2 rings (SSSR count). The number of nitrogens with two attached hydrogens (primary N) is 1. The first-order valence-corrected chi connectivity index (χ1v) is 7.26. The average molecular weight is 374 g/mol. The van der Waals surface area contributed by atoms with E-state index >= 15 is 0 Å². The molecule has 0 saturated carbocycles. The summed E-state index contributed by atoms with van der Waals surface area (Å²) in [6.07, 6.45) is 0. The minimum atomic E-state index is -0.352. The highest BCUT2D eigenvalue weighted by atomic mass is 79.9. The van der Waals surface area contributed by atoms with Crippen molar-refractivity contribution in [3.05, 3.63) is 56.0 Å². The van der Waals surface area contributed by atoms with Crippen LogP contribution in [-0.4, -0.2) is 5.91 Å². The SMILES string of the molecule is Cc1cc(Br)cc(N)c1NC(=O)c1cccc(Cl)c1Cl. The van der Waals surface area contributed by atoms with E-state index < -0.39 is 0 Å². The fourth-order valence-corrected chi connectivity index (χ4v) is 2.78. The molecule has 3 N–H and O–H groups in total. The van der Waals surface area contributed by atoms with Gasteiger partial charge in [0.1, 0.15) is 0 Å². The molecule has 0 spiro atoms. The summed E-state index contributed by atoms with van der Waals surface area (Å²) >= 11 is 15.3. The number of nitrogens with one attached hydrogen (secondary N) is 1. The summed E-state index contributed by atoms with van der Waals surface area (Å²) in [5.74, 6) is -0.352. The Morgan fingerprint density at radius 1 is 1.30 bits per heavy atom. The number of halogens is 3. The van der Waals surface area contributed by atoms with E-state index in [1.165, 1.54) is 0 Å². The van der Waals surface area contributed by atoms with Crippen LogP contribution in [0.5, 0.6) is 0 Å². The third kappa shape index (κ3) is 3.08. The number of nitrogen functional groups attached to an aromatic ring is 1. The fourth-order valence-electron chi connectivity index (χ4n) is 1.80. The summed E-state index contributed by atoms with van der Waals surface area (Å²) in [6.45, 7) is 1.86. The van der Waals surface area contributed by atoms with Gasteiger partial charge in [-0.25, -0.2) is 0 Å². The van der Waals surface area contributed by atoms with E-state index in [9.17, 15) is 4.79 Å². The van der Waals surface area contributed by atoms with Crippen molar-refractivity contribution in [3.8, 4) is 0 Å². The minimum absolute atomic E-state index is 0.222. The Morgan fingerprint density at radius 3 is 2.65 bits per heavy atom. The number of carbonyl (C=O) groups excluding carboxylic acids is 1. The summed E-state index contributed by atoms with van der Waals surface area (Å²) in [5, 5.41) is 3.32. The molecule has 2 aromatic carbocycles. The highest BCUT2D eigenvalue weighted by Gasteiger charge is 2.15. The number of benzene rings is 2. The fraction of sp³-hybridized carbons (Fsp3) is 0.0714. The van der Waals surface area contributed by atoms with Crippen molar-refractivity contribution >= 4 is 56.4 Å². The summed E-state index contributed by atoms with van der Waals surface area (Å²) in [5.41, 5.74) is 8.11. The zero-order valence-electron chi connectivity index (χ0n) is 10.5. The quantitative estimate of drug-likeness (QED) is 0.735. The Labute approximate surface area is 135 Å². The molecular weight excluding hydrogens is 363 g/mol. The molecule has 0 saturated heterocycles. The molecule has 0 fully saturated rings. The van der Waals surface area contributed by atoms with Gasteiger partial charge in [0, 0.05) is 4.47 Å². The molecule has 3 nitrogen and oxygen atoms in total. The van der Waals surface area contributed by atoms with Crippen LogP contribution in [0.4, 0.5) is 11.4 Å². The lowest BCUT2D eigenvalue weighted by Crippen LogP contribution is -2.14. The molecule has 0 aliphatic carbocycles. The molecule has 0 heterocycles. The monoisotopic (exact) mass is 372 g/mol. The molecule has 0 atom stereocenters. The first kappa shape index (κ1) is 15.2. The van der Waals surface area contributed by atoms with E-state index in [0.717, 1.165) is 10.0 Å². The Hall–Kier alpha value is -1.23. The molecule has 0 aromatic heterocycles. The summed E-state index contributed by atoms with van der Waals surface area (Å²) in [6, 6.07) is 8.49. The lowest BCUT2D eigenvalue weighted by Gasteiger charge is -2.13. The second-order valence-corrected chi connectivity index (χ2v) is 5.94. The van der Waals surface area contributed by atoms with E-state index in [1.54, 1.807) is 24.3 Å². The Kier molecular flexibility index (Phi) is 4.58. The van der Waals surface area contributed by atoms with Gasteiger partial charge in [-0.1, -0.05) is 45.2 Å². The molecule has 0 radical (unpaired) electrons. The van der Waals surface area contributed by atoms with Crippen molar-refractivity contribution in [3.63, 3.8) is 0 Å². The smallest absolute Gasteiger partial charge is 0.257 e. The predicted octanol–water partition coefficient (Wildman–Crippen LogP) is 4.90.